The summed E-state index contributed by atoms with van der Waals surface area (Å²) >= 11 is 0. The summed E-state index contributed by atoms with van der Waals surface area (Å²) < 4.78 is 5.18. The molecule has 4 nitrogen and oxygen atoms in total. The molecule has 2 unspecified atom stereocenters. The van der Waals surface area contributed by atoms with Crippen LogP contribution >= 0.6 is 0 Å². The first-order valence-corrected chi connectivity index (χ1v) is 4.36. The van der Waals surface area contributed by atoms with E-state index in [0.29, 0.717) is 13.0 Å². The van der Waals surface area contributed by atoms with Crippen molar-refractivity contribution in [3.05, 3.63) is 12.2 Å². The molecule has 13 heavy (non-hydrogen) atoms. The van der Waals surface area contributed by atoms with E-state index in [0.717, 1.165) is 0 Å². The second-order valence-corrected chi connectivity index (χ2v) is 3.02. The quantitative estimate of drug-likeness (QED) is 0.626. The highest BCUT2D eigenvalue weighted by Crippen LogP contribution is 2.21. The molecule has 4 heteroatoms. The average Bonchev–Trinajstić information content (AvgIpc) is 2.08. The van der Waals surface area contributed by atoms with Crippen molar-refractivity contribution in [2.45, 2.75) is 25.6 Å². The molecule has 2 N–H and O–H groups in total. The highest BCUT2D eigenvalue weighted by Gasteiger charge is 2.33. The Morgan fingerprint density at radius 3 is 2.92 bits per heavy atom. The molecule has 0 aromatic heterocycles. The zero-order valence-corrected chi connectivity index (χ0v) is 7.51. The summed E-state index contributed by atoms with van der Waals surface area (Å²) in [4.78, 5) is 10.7. The number of carboxylic acids is 1. The molecule has 0 aliphatic heterocycles. The fourth-order valence-electron chi connectivity index (χ4n) is 1.44. The molecule has 1 rings (SSSR count). The van der Waals surface area contributed by atoms with Gasteiger partial charge >= 0.3 is 5.97 Å². The third-order valence-corrected chi connectivity index (χ3v) is 2.14. The van der Waals surface area contributed by atoms with Crippen molar-refractivity contribution >= 4 is 5.97 Å². The van der Waals surface area contributed by atoms with Gasteiger partial charge in [-0.05, 0) is 13.3 Å². The number of carboxylic acid groups (broad SMARTS) is 1. The van der Waals surface area contributed by atoms with Crippen molar-refractivity contribution in [2.24, 2.45) is 5.92 Å². The molecule has 0 radical (unpaired) electrons. The van der Waals surface area contributed by atoms with Gasteiger partial charge < -0.3 is 14.9 Å². The van der Waals surface area contributed by atoms with E-state index in [9.17, 15) is 9.90 Å². The number of hydrogen-bond acceptors (Lipinski definition) is 3. The van der Waals surface area contributed by atoms with Crippen LogP contribution in [-0.4, -0.2) is 35.0 Å². The number of aliphatic carboxylic acids is 1. The van der Waals surface area contributed by atoms with Crippen molar-refractivity contribution in [1.82, 2.24) is 0 Å². The molecule has 0 saturated carbocycles. The first-order valence-electron chi connectivity index (χ1n) is 4.36. The third kappa shape index (κ3) is 2.29. The van der Waals surface area contributed by atoms with E-state index in [1.807, 2.05) is 6.92 Å². The van der Waals surface area contributed by atoms with Crippen LogP contribution in [0.4, 0.5) is 0 Å². The Hall–Kier alpha value is -0.870. The van der Waals surface area contributed by atoms with Gasteiger partial charge in [0.25, 0.3) is 0 Å². The smallest absolute Gasteiger partial charge is 0.309 e. The van der Waals surface area contributed by atoms with Crippen LogP contribution in [0.1, 0.15) is 13.3 Å². The molecule has 0 bridgehead atoms. The minimum Gasteiger partial charge on any atom is -0.481 e. The van der Waals surface area contributed by atoms with E-state index < -0.39 is 24.1 Å². The predicted octanol–water partition coefficient (Wildman–Crippen LogP) is 0.413. The SMILES string of the molecule is CCO[C@@H]1C=CCC(C(=O)O)C1O. The molecule has 0 amide bonds. The topological polar surface area (TPSA) is 66.8 Å². The van der Waals surface area contributed by atoms with Crippen molar-refractivity contribution in [3.63, 3.8) is 0 Å². The van der Waals surface area contributed by atoms with Gasteiger partial charge in [-0.3, -0.25) is 4.79 Å². The molecule has 0 spiro atoms. The third-order valence-electron chi connectivity index (χ3n) is 2.14. The molecule has 1 aliphatic carbocycles. The molecular formula is C9H14O4. The minimum absolute atomic E-state index is 0.375. The lowest BCUT2D eigenvalue weighted by molar-refractivity contribution is -0.149. The van der Waals surface area contributed by atoms with E-state index in [1.54, 1.807) is 12.2 Å². The number of hydrogen-bond donors (Lipinski definition) is 2. The first kappa shape index (κ1) is 10.2. The van der Waals surface area contributed by atoms with Crippen molar-refractivity contribution < 1.29 is 19.7 Å². The van der Waals surface area contributed by atoms with E-state index in [1.165, 1.54) is 0 Å². The molecule has 0 saturated heterocycles. The number of rotatable bonds is 3. The van der Waals surface area contributed by atoms with Crippen molar-refractivity contribution in [2.75, 3.05) is 6.61 Å². The number of aliphatic hydroxyl groups is 1. The lowest BCUT2D eigenvalue weighted by atomic mass is 9.89. The fraction of sp³-hybridized carbons (Fsp3) is 0.667. The lowest BCUT2D eigenvalue weighted by Gasteiger charge is -2.27. The first-order chi connectivity index (χ1) is 6.16. The monoisotopic (exact) mass is 186 g/mol. The van der Waals surface area contributed by atoms with Crippen LogP contribution in [0.3, 0.4) is 0 Å². The highest BCUT2D eigenvalue weighted by molar-refractivity contribution is 5.71. The maximum Gasteiger partial charge on any atom is 0.309 e. The zero-order chi connectivity index (χ0) is 9.84. The Balaban J connectivity index is 2.64. The van der Waals surface area contributed by atoms with Crippen molar-refractivity contribution in [1.29, 1.82) is 0 Å². The summed E-state index contributed by atoms with van der Waals surface area (Å²) in [7, 11) is 0. The molecule has 0 aromatic carbocycles. The van der Waals surface area contributed by atoms with E-state index >= 15 is 0 Å². The maximum absolute atomic E-state index is 10.7. The largest absolute Gasteiger partial charge is 0.481 e. The summed E-state index contributed by atoms with van der Waals surface area (Å²) in [5.74, 6) is -1.71. The fourth-order valence-corrected chi connectivity index (χ4v) is 1.44. The summed E-state index contributed by atoms with van der Waals surface area (Å²) in [6.07, 6.45) is 2.43. The second kappa shape index (κ2) is 4.39. The Kier molecular flexibility index (Phi) is 3.45. The Bertz CT molecular complexity index is 212. The molecule has 0 heterocycles. The summed E-state index contributed by atoms with van der Waals surface area (Å²) in [5, 5.41) is 18.3. The van der Waals surface area contributed by atoms with Gasteiger partial charge in [-0.2, -0.15) is 0 Å². The Labute approximate surface area is 76.8 Å². The van der Waals surface area contributed by atoms with Crippen LogP contribution < -0.4 is 0 Å². The molecule has 3 atom stereocenters. The summed E-state index contributed by atoms with van der Waals surface area (Å²) in [6, 6.07) is 0. The van der Waals surface area contributed by atoms with Gasteiger partial charge in [0.15, 0.2) is 0 Å². The van der Waals surface area contributed by atoms with E-state index in [-0.39, 0.29) is 0 Å². The number of carbonyl (C=O) groups is 1. The molecule has 0 fully saturated rings. The number of aliphatic hydroxyl groups excluding tert-OH is 1. The Morgan fingerprint density at radius 1 is 1.69 bits per heavy atom. The number of allylic oxidation sites excluding steroid dienone is 1. The standard InChI is InChI=1S/C9H14O4/c1-2-13-7-5-3-4-6(8(7)10)9(11)12/h3,5-8,10H,2,4H2,1H3,(H,11,12)/t6?,7-,8?/m1/s1. The maximum atomic E-state index is 10.7. The molecule has 0 aromatic rings. The van der Waals surface area contributed by atoms with Crippen LogP contribution in [0.25, 0.3) is 0 Å². The van der Waals surface area contributed by atoms with Gasteiger partial charge in [0, 0.05) is 6.61 Å². The van der Waals surface area contributed by atoms with Crippen LogP contribution in [-0.2, 0) is 9.53 Å². The zero-order valence-electron chi connectivity index (χ0n) is 7.51. The van der Waals surface area contributed by atoms with Gasteiger partial charge in [-0.15, -0.1) is 0 Å². The molecule has 74 valence electrons. The molecule has 1 aliphatic rings. The minimum atomic E-state index is -0.971. The van der Waals surface area contributed by atoms with E-state index in [2.05, 4.69) is 0 Å². The van der Waals surface area contributed by atoms with Gasteiger partial charge in [0.2, 0.25) is 0 Å². The van der Waals surface area contributed by atoms with Crippen molar-refractivity contribution in [3.8, 4) is 0 Å². The summed E-state index contributed by atoms with van der Waals surface area (Å²) in [5.41, 5.74) is 0. The van der Waals surface area contributed by atoms with Crippen LogP contribution in [0.5, 0.6) is 0 Å². The summed E-state index contributed by atoms with van der Waals surface area (Å²) in [6.45, 7) is 2.28. The number of ether oxygens (including phenoxy) is 1. The normalized spacial score (nSPS) is 33.2. The Morgan fingerprint density at radius 2 is 2.38 bits per heavy atom. The highest BCUT2D eigenvalue weighted by atomic mass is 16.5. The average molecular weight is 186 g/mol. The van der Waals surface area contributed by atoms with Crippen LogP contribution in [0, 0.1) is 5.92 Å². The van der Waals surface area contributed by atoms with Crippen LogP contribution in [0.2, 0.25) is 0 Å². The second-order valence-electron chi connectivity index (χ2n) is 3.02. The van der Waals surface area contributed by atoms with Crippen LogP contribution in [0.15, 0.2) is 12.2 Å². The van der Waals surface area contributed by atoms with E-state index in [4.69, 9.17) is 9.84 Å². The lowest BCUT2D eigenvalue weighted by Crippen LogP contribution is -2.40. The van der Waals surface area contributed by atoms with Gasteiger partial charge in [-0.25, -0.2) is 0 Å². The molecular weight excluding hydrogens is 172 g/mol. The van der Waals surface area contributed by atoms with Gasteiger partial charge in [0.1, 0.15) is 6.10 Å². The van der Waals surface area contributed by atoms with Gasteiger partial charge in [0.05, 0.1) is 12.0 Å². The predicted molar refractivity (Wildman–Crippen MR) is 46.3 cm³/mol. The van der Waals surface area contributed by atoms with Gasteiger partial charge in [-0.1, -0.05) is 12.2 Å².